The van der Waals surface area contributed by atoms with Crippen LogP contribution in [0.2, 0.25) is 0 Å². The molecule has 4 rings (SSSR count). The molecule has 30 heavy (non-hydrogen) atoms. The van der Waals surface area contributed by atoms with Crippen LogP contribution in [-0.4, -0.2) is 14.8 Å². The molecule has 0 aliphatic heterocycles. The maximum Gasteiger partial charge on any atom is 0.221 e. The molecule has 2 N–H and O–H groups in total. The lowest BCUT2D eigenvalue weighted by atomic mass is 10.1. The predicted molar refractivity (Wildman–Crippen MR) is 126 cm³/mol. The van der Waals surface area contributed by atoms with Gasteiger partial charge in [0.25, 0.3) is 0 Å². The van der Waals surface area contributed by atoms with Crippen LogP contribution in [0.4, 0.5) is 11.4 Å². The zero-order valence-corrected chi connectivity index (χ0v) is 17.6. The van der Waals surface area contributed by atoms with Gasteiger partial charge in [-0.05, 0) is 54.9 Å². The Hall–Kier alpha value is -3.51. The van der Waals surface area contributed by atoms with E-state index in [1.807, 2.05) is 91.2 Å². The summed E-state index contributed by atoms with van der Waals surface area (Å²) >= 11 is 5.36. The minimum absolute atomic E-state index is 0.0679. The monoisotopic (exact) mass is 414 g/mol. The first-order valence-electron chi connectivity index (χ1n) is 9.67. The fraction of sp³-hybridized carbons (Fsp3) is 0.125. The highest BCUT2D eigenvalue weighted by molar-refractivity contribution is 7.80. The van der Waals surface area contributed by atoms with Crippen molar-refractivity contribution in [1.29, 1.82) is 0 Å². The number of thiocarbonyl (C=S) groups is 1. The van der Waals surface area contributed by atoms with Crippen molar-refractivity contribution in [3.05, 3.63) is 89.5 Å². The molecule has 1 aromatic heterocycles. The molecule has 0 spiro atoms. The molecule has 0 saturated heterocycles. The summed E-state index contributed by atoms with van der Waals surface area (Å²) in [6, 6.07) is 23.8. The van der Waals surface area contributed by atoms with Crippen molar-refractivity contribution in [3.8, 4) is 5.88 Å². The number of para-hydroxylation sites is 1. The number of aromatic hydroxyl groups is 1. The first-order valence-corrected chi connectivity index (χ1v) is 10.1. The molecule has 0 saturated carbocycles. The number of nitrogens with zero attached hydrogens (tertiary/aromatic N) is 3. The van der Waals surface area contributed by atoms with Crippen molar-refractivity contribution in [2.45, 2.75) is 20.4 Å². The number of aromatic nitrogens is 1. The van der Waals surface area contributed by atoms with Gasteiger partial charge in [0.15, 0.2) is 5.69 Å². The van der Waals surface area contributed by atoms with Crippen LogP contribution < -0.4 is 5.32 Å². The van der Waals surface area contributed by atoms with E-state index in [2.05, 4.69) is 15.5 Å². The maximum atomic E-state index is 10.9. The lowest BCUT2D eigenvalue weighted by molar-refractivity contribution is 0.429. The quantitative estimate of drug-likeness (QED) is 0.296. The van der Waals surface area contributed by atoms with Crippen LogP contribution >= 0.6 is 12.2 Å². The minimum atomic E-state index is 0.0679. The van der Waals surface area contributed by atoms with Gasteiger partial charge >= 0.3 is 0 Å². The molecular weight excluding hydrogens is 392 g/mol. The Balaban J connectivity index is 1.65. The molecule has 0 unspecified atom stereocenters. The van der Waals surface area contributed by atoms with Gasteiger partial charge in [-0.25, -0.2) is 0 Å². The van der Waals surface area contributed by atoms with Crippen molar-refractivity contribution in [3.63, 3.8) is 0 Å². The average molecular weight is 415 g/mol. The number of fused-ring (bicyclic) bond motifs is 1. The molecule has 150 valence electrons. The van der Waals surface area contributed by atoms with Crippen LogP contribution in [0.1, 0.15) is 16.7 Å². The second kappa shape index (κ2) is 8.47. The van der Waals surface area contributed by atoms with Gasteiger partial charge in [-0.3, -0.25) is 0 Å². The molecule has 5 nitrogen and oxygen atoms in total. The van der Waals surface area contributed by atoms with Crippen LogP contribution in [-0.2, 0) is 6.54 Å². The molecule has 6 heteroatoms. The molecule has 1 heterocycles. The highest BCUT2D eigenvalue weighted by Gasteiger charge is 2.16. The Bertz CT molecular complexity index is 1250. The highest BCUT2D eigenvalue weighted by Crippen LogP contribution is 2.39. The van der Waals surface area contributed by atoms with E-state index in [1.165, 1.54) is 0 Å². The summed E-state index contributed by atoms with van der Waals surface area (Å²) in [6.45, 7) is 4.56. The van der Waals surface area contributed by atoms with Gasteiger partial charge in [-0.1, -0.05) is 60.7 Å². The van der Waals surface area contributed by atoms with Crippen LogP contribution in [0, 0.1) is 13.8 Å². The first kappa shape index (κ1) is 19.8. The van der Waals surface area contributed by atoms with E-state index in [4.69, 9.17) is 12.2 Å². The van der Waals surface area contributed by atoms with Gasteiger partial charge in [0.05, 0.1) is 12.1 Å². The van der Waals surface area contributed by atoms with Crippen molar-refractivity contribution >= 4 is 39.6 Å². The smallest absolute Gasteiger partial charge is 0.221 e. The number of hydrogen-bond donors (Lipinski definition) is 2. The summed E-state index contributed by atoms with van der Waals surface area (Å²) in [5.41, 5.74) is 5.48. The Morgan fingerprint density at radius 2 is 1.73 bits per heavy atom. The average Bonchev–Trinajstić information content (AvgIpc) is 3.01. The van der Waals surface area contributed by atoms with Crippen molar-refractivity contribution in [2.24, 2.45) is 10.2 Å². The molecule has 0 atom stereocenters. The molecule has 4 aromatic rings. The van der Waals surface area contributed by atoms with E-state index in [-0.39, 0.29) is 11.0 Å². The van der Waals surface area contributed by atoms with Crippen molar-refractivity contribution in [1.82, 2.24) is 4.57 Å². The van der Waals surface area contributed by atoms with Crippen molar-refractivity contribution < 1.29 is 5.11 Å². The Morgan fingerprint density at radius 1 is 1.00 bits per heavy atom. The van der Waals surface area contributed by atoms with Gasteiger partial charge in [-0.2, -0.15) is 0 Å². The molecule has 0 bridgehead atoms. The standard InChI is InChI=1S/C24H22N4OS/c1-16-12-13-17(2)20(14-16)25-24(30)27-26-22-19-10-6-7-11-21(19)28(23(22)29)15-18-8-4-3-5-9-18/h3-14,29H,15H2,1-2H3,(H,25,30). The molecule has 0 aliphatic rings. The first-order chi connectivity index (χ1) is 14.5. The van der Waals surface area contributed by atoms with Gasteiger partial charge in [0.2, 0.25) is 11.0 Å². The highest BCUT2D eigenvalue weighted by atomic mass is 32.1. The summed E-state index contributed by atoms with van der Waals surface area (Å²) in [5.74, 6) is 0.0679. The molecule has 3 aromatic carbocycles. The minimum Gasteiger partial charge on any atom is -0.493 e. The Kier molecular flexibility index (Phi) is 5.59. The topological polar surface area (TPSA) is 61.9 Å². The van der Waals surface area contributed by atoms with Crippen LogP contribution in [0.25, 0.3) is 10.9 Å². The predicted octanol–water partition coefficient (Wildman–Crippen LogP) is 6.49. The Morgan fingerprint density at radius 3 is 2.53 bits per heavy atom. The number of rotatable bonds is 4. The summed E-state index contributed by atoms with van der Waals surface area (Å²) < 4.78 is 1.83. The summed E-state index contributed by atoms with van der Waals surface area (Å²) in [7, 11) is 0. The normalized spacial score (nSPS) is 11.3. The van der Waals surface area contributed by atoms with Gasteiger partial charge in [0, 0.05) is 11.1 Å². The van der Waals surface area contributed by atoms with E-state index in [0.29, 0.717) is 12.2 Å². The van der Waals surface area contributed by atoms with Crippen molar-refractivity contribution in [2.75, 3.05) is 5.32 Å². The summed E-state index contributed by atoms with van der Waals surface area (Å²) in [4.78, 5) is 0. The number of aryl methyl sites for hydroxylation is 2. The van der Waals surface area contributed by atoms with E-state index in [9.17, 15) is 5.11 Å². The molecule has 0 radical (unpaired) electrons. The van der Waals surface area contributed by atoms with E-state index in [1.54, 1.807) is 0 Å². The third kappa shape index (κ3) is 4.09. The molecular formula is C24H22N4OS. The fourth-order valence-corrected chi connectivity index (χ4v) is 3.55. The number of nitrogens with one attached hydrogen (secondary N) is 1. The summed E-state index contributed by atoms with van der Waals surface area (Å²) in [6.07, 6.45) is 0. The lowest BCUT2D eigenvalue weighted by Crippen LogP contribution is -2.06. The zero-order valence-electron chi connectivity index (χ0n) is 16.8. The van der Waals surface area contributed by atoms with E-state index in [0.717, 1.165) is 33.3 Å². The molecule has 0 fully saturated rings. The van der Waals surface area contributed by atoms with Crippen LogP contribution in [0.15, 0.2) is 83.0 Å². The van der Waals surface area contributed by atoms with Gasteiger partial charge < -0.3 is 15.0 Å². The third-order valence-electron chi connectivity index (χ3n) is 4.98. The molecule has 0 amide bonds. The Labute approximate surface area is 180 Å². The van der Waals surface area contributed by atoms with Gasteiger partial charge in [0.1, 0.15) is 0 Å². The number of benzene rings is 3. The SMILES string of the molecule is Cc1ccc(C)c(NC(=S)N=Nc2c(O)n(Cc3ccccc3)c3ccccc23)c1. The van der Waals surface area contributed by atoms with Gasteiger partial charge in [-0.15, -0.1) is 10.2 Å². The fourth-order valence-electron chi connectivity index (χ4n) is 3.40. The lowest BCUT2D eigenvalue weighted by Gasteiger charge is -2.08. The number of anilines is 1. The largest absolute Gasteiger partial charge is 0.493 e. The van der Waals surface area contributed by atoms with Crippen LogP contribution in [0.3, 0.4) is 0 Å². The second-order valence-electron chi connectivity index (χ2n) is 7.21. The second-order valence-corrected chi connectivity index (χ2v) is 7.60. The third-order valence-corrected chi connectivity index (χ3v) is 5.16. The maximum absolute atomic E-state index is 10.9. The van der Waals surface area contributed by atoms with E-state index >= 15 is 0 Å². The molecule has 0 aliphatic carbocycles. The van der Waals surface area contributed by atoms with E-state index < -0.39 is 0 Å². The zero-order chi connectivity index (χ0) is 21.1. The summed E-state index contributed by atoms with van der Waals surface area (Å²) in [5, 5.41) is 23.5. The number of hydrogen-bond acceptors (Lipinski definition) is 3. The van der Waals surface area contributed by atoms with Crippen LogP contribution in [0.5, 0.6) is 5.88 Å². The number of azo groups is 1.